The monoisotopic (exact) mass is 292 g/mol. The van der Waals surface area contributed by atoms with Gasteiger partial charge in [0, 0.05) is 0 Å². The van der Waals surface area contributed by atoms with Gasteiger partial charge in [-0.3, -0.25) is 0 Å². The minimum atomic E-state index is -0.309. The van der Waals surface area contributed by atoms with Crippen LogP contribution in [-0.4, -0.2) is 12.0 Å². The molecule has 0 aliphatic carbocycles. The number of nitroso groups, excluding NO2 is 1. The molecule has 104 valence electrons. The van der Waals surface area contributed by atoms with E-state index in [2.05, 4.69) is 15.5 Å². The number of para-hydroxylation sites is 1. The summed E-state index contributed by atoms with van der Waals surface area (Å²) in [5.74, 6) is 0.210. The summed E-state index contributed by atoms with van der Waals surface area (Å²) < 4.78 is 5.59. The number of hydrogen-bond acceptors (Lipinski definition) is 5. The number of benzene rings is 1. The Bertz CT molecular complexity index is 625. The number of hydrogen-bond donors (Lipinski definition) is 1. The van der Waals surface area contributed by atoms with Gasteiger partial charge < -0.3 is 4.74 Å². The summed E-state index contributed by atoms with van der Waals surface area (Å²) in [6, 6.07) is 6.99. The predicted molar refractivity (Wildman–Crippen MR) is 76.5 cm³/mol. The molecule has 2 N–H and O–H groups in total. The molecular weight excluding hydrogens is 278 g/mol. The quantitative estimate of drug-likeness (QED) is 0.860. The first-order valence-electron chi connectivity index (χ1n) is 6.02. The van der Waals surface area contributed by atoms with Gasteiger partial charge in [-0.2, -0.15) is 5.32 Å². The first-order valence-corrected chi connectivity index (χ1v) is 6.83. The van der Waals surface area contributed by atoms with E-state index >= 15 is 0 Å². The van der Waals surface area contributed by atoms with Gasteiger partial charge in [0.1, 0.15) is 17.5 Å². The van der Waals surface area contributed by atoms with Gasteiger partial charge in [0.05, 0.1) is 6.10 Å². The SMILES string of the molecule is CC(C)Oc1ccccc1C(=O)Nc1[nH+]cc(N=O)s1. The van der Waals surface area contributed by atoms with E-state index in [1.807, 2.05) is 13.8 Å². The molecular formula is C13H14N3O3S+. The number of carbonyl (C=O) groups is 1. The number of anilines is 1. The minimum absolute atomic E-state index is 0.0249. The summed E-state index contributed by atoms with van der Waals surface area (Å²) >= 11 is 1.07. The smallest absolute Gasteiger partial charge is 0.343 e. The van der Waals surface area contributed by atoms with E-state index in [0.29, 0.717) is 16.4 Å². The van der Waals surface area contributed by atoms with E-state index in [4.69, 9.17) is 4.74 Å². The molecule has 1 amide bonds. The average Bonchev–Trinajstić information content (AvgIpc) is 2.86. The van der Waals surface area contributed by atoms with Gasteiger partial charge in [-0.05, 0) is 42.5 Å². The van der Waals surface area contributed by atoms with Crippen molar-refractivity contribution < 1.29 is 14.5 Å². The molecule has 2 rings (SSSR count). The van der Waals surface area contributed by atoms with Crippen LogP contribution in [0.25, 0.3) is 0 Å². The van der Waals surface area contributed by atoms with Gasteiger partial charge in [0.2, 0.25) is 5.00 Å². The van der Waals surface area contributed by atoms with Crippen molar-refractivity contribution in [3.63, 3.8) is 0 Å². The molecule has 0 fully saturated rings. The number of aromatic amines is 1. The zero-order chi connectivity index (χ0) is 14.5. The standard InChI is InChI=1S/C13H13N3O3S/c1-8(2)19-10-6-4-3-5-9(10)12(17)15-13-14-7-11(16-18)20-13/h3-8H,1-2H3,(H,14,15,17)/p+1. The molecule has 7 heteroatoms. The van der Waals surface area contributed by atoms with Crippen molar-refractivity contribution in [3.8, 4) is 5.75 Å². The molecule has 0 saturated heterocycles. The zero-order valence-electron chi connectivity index (χ0n) is 11.0. The lowest BCUT2D eigenvalue weighted by Gasteiger charge is -2.11. The maximum absolute atomic E-state index is 12.2. The van der Waals surface area contributed by atoms with Crippen LogP contribution in [0.2, 0.25) is 0 Å². The van der Waals surface area contributed by atoms with E-state index in [9.17, 15) is 9.70 Å². The van der Waals surface area contributed by atoms with Crippen LogP contribution in [0.1, 0.15) is 24.2 Å². The van der Waals surface area contributed by atoms with Crippen LogP contribution >= 0.6 is 11.3 Å². The highest BCUT2D eigenvalue weighted by Gasteiger charge is 2.19. The Morgan fingerprint density at radius 1 is 1.40 bits per heavy atom. The molecule has 6 nitrogen and oxygen atoms in total. The number of nitrogens with zero attached hydrogens (tertiary/aromatic N) is 1. The van der Waals surface area contributed by atoms with Crippen LogP contribution in [-0.2, 0) is 0 Å². The number of nitrogens with one attached hydrogen (secondary N) is 2. The van der Waals surface area contributed by atoms with Crippen LogP contribution < -0.4 is 15.0 Å². The minimum Gasteiger partial charge on any atom is -0.490 e. The highest BCUT2D eigenvalue weighted by Crippen LogP contribution is 2.24. The topological polar surface area (TPSA) is 81.9 Å². The number of H-pyrrole nitrogens is 1. The highest BCUT2D eigenvalue weighted by atomic mass is 32.1. The number of aromatic nitrogens is 1. The Labute approximate surface area is 119 Å². The van der Waals surface area contributed by atoms with Crippen molar-refractivity contribution in [1.29, 1.82) is 0 Å². The number of amides is 1. The van der Waals surface area contributed by atoms with Gasteiger partial charge in [-0.25, -0.2) is 9.78 Å². The third-order valence-electron chi connectivity index (χ3n) is 2.34. The fraction of sp³-hybridized carbons (Fsp3) is 0.231. The summed E-state index contributed by atoms with van der Waals surface area (Å²) in [6.07, 6.45) is 1.41. The summed E-state index contributed by atoms with van der Waals surface area (Å²) in [4.78, 5) is 25.3. The first kappa shape index (κ1) is 14.1. The molecule has 1 heterocycles. The van der Waals surface area contributed by atoms with Crippen LogP contribution in [0.15, 0.2) is 35.6 Å². The molecule has 0 aliphatic rings. The van der Waals surface area contributed by atoms with Gasteiger partial charge in [-0.1, -0.05) is 12.1 Å². The van der Waals surface area contributed by atoms with Gasteiger partial charge in [0.15, 0.2) is 0 Å². The third-order valence-corrected chi connectivity index (χ3v) is 3.17. The van der Waals surface area contributed by atoms with Crippen LogP contribution in [0.5, 0.6) is 5.75 Å². The lowest BCUT2D eigenvalue weighted by molar-refractivity contribution is -0.353. The van der Waals surface area contributed by atoms with Gasteiger partial charge in [0.25, 0.3) is 0 Å². The molecule has 1 aromatic heterocycles. The number of thiazole rings is 1. The summed E-state index contributed by atoms with van der Waals surface area (Å²) in [7, 11) is 0. The highest BCUT2D eigenvalue weighted by molar-refractivity contribution is 7.18. The molecule has 0 bridgehead atoms. The Morgan fingerprint density at radius 2 is 2.15 bits per heavy atom. The molecule has 0 unspecified atom stereocenters. The van der Waals surface area contributed by atoms with Crippen molar-refractivity contribution in [2.75, 3.05) is 5.32 Å². The van der Waals surface area contributed by atoms with Crippen molar-refractivity contribution in [2.24, 2.45) is 5.18 Å². The molecule has 1 aromatic carbocycles. The fourth-order valence-corrected chi connectivity index (χ4v) is 2.20. The van der Waals surface area contributed by atoms with Crippen LogP contribution in [0.3, 0.4) is 0 Å². The second kappa shape index (κ2) is 6.25. The normalized spacial score (nSPS) is 10.3. The number of carbonyl (C=O) groups excluding carboxylic acids is 1. The van der Waals surface area contributed by atoms with Gasteiger partial charge >= 0.3 is 11.0 Å². The Morgan fingerprint density at radius 3 is 2.80 bits per heavy atom. The second-order valence-corrected chi connectivity index (χ2v) is 5.30. The lowest BCUT2D eigenvalue weighted by atomic mass is 10.2. The number of rotatable bonds is 5. The Hall–Kier alpha value is -2.28. The maximum atomic E-state index is 12.2. The molecule has 0 radical (unpaired) electrons. The molecule has 20 heavy (non-hydrogen) atoms. The Kier molecular flexibility index (Phi) is 4.41. The zero-order valence-corrected chi connectivity index (χ0v) is 11.9. The lowest BCUT2D eigenvalue weighted by Crippen LogP contribution is -2.18. The molecule has 0 aliphatic heterocycles. The fourth-order valence-electron chi connectivity index (χ4n) is 1.58. The summed E-state index contributed by atoms with van der Waals surface area (Å²) in [6.45, 7) is 3.79. The summed E-state index contributed by atoms with van der Waals surface area (Å²) in [5, 5.41) is 6.18. The largest absolute Gasteiger partial charge is 0.490 e. The van der Waals surface area contributed by atoms with Crippen molar-refractivity contribution in [2.45, 2.75) is 20.0 Å². The van der Waals surface area contributed by atoms with E-state index < -0.39 is 0 Å². The van der Waals surface area contributed by atoms with E-state index in [-0.39, 0.29) is 17.0 Å². The maximum Gasteiger partial charge on any atom is 0.343 e. The predicted octanol–water partition coefficient (Wildman–Crippen LogP) is 3.00. The Balaban J connectivity index is 2.18. The number of ether oxygens (including phenoxy) is 1. The molecule has 0 spiro atoms. The average molecular weight is 292 g/mol. The van der Waals surface area contributed by atoms with E-state index in [1.165, 1.54) is 6.20 Å². The first-order chi connectivity index (χ1) is 9.60. The van der Waals surface area contributed by atoms with Gasteiger partial charge in [-0.15, -0.1) is 4.91 Å². The molecule has 2 aromatic rings. The second-order valence-electron chi connectivity index (χ2n) is 4.27. The van der Waals surface area contributed by atoms with Crippen molar-refractivity contribution >= 4 is 27.4 Å². The van der Waals surface area contributed by atoms with Crippen molar-refractivity contribution in [1.82, 2.24) is 0 Å². The molecule has 0 saturated carbocycles. The van der Waals surface area contributed by atoms with Crippen molar-refractivity contribution in [3.05, 3.63) is 40.9 Å². The summed E-state index contributed by atoms with van der Waals surface area (Å²) in [5.41, 5.74) is 0.434. The van der Waals surface area contributed by atoms with Crippen LogP contribution in [0.4, 0.5) is 10.1 Å². The molecule has 0 atom stereocenters. The third kappa shape index (κ3) is 3.39. The van der Waals surface area contributed by atoms with Crippen LogP contribution in [0, 0.1) is 4.91 Å². The van der Waals surface area contributed by atoms with E-state index in [1.54, 1.807) is 24.3 Å². The van der Waals surface area contributed by atoms with E-state index in [0.717, 1.165) is 11.3 Å².